The molecule has 0 aliphatic carbocycles. The summed E-state index contributed by atoms with van der Waals surface area (Å²) < 4.78 is 37.3. The summed E-state index contributed by atoms with van der Waals surface area (Å²) in [5.41, 5.74) is -3.67. The van der Waals surface area contributed by atoms with Crippen LogP contribution in [0.2, 0.25) is 5.02 Å². The maximum absolute atomic E-state index is 14.0. The van der Waals surface area contributed by atoms with E-state index in [0.717, 1.165) is 13.2 Å². The van der Waals surface area contributed by atoms with Crippen molar-refractivity contribution in [3.05, 3.63) is 49.7 Å². The minimum absolute atomic E-state index is 0.0722. The number of hydrogen-bond acceptors (Lipinski definition) is 6. The Kier molecular flexibility index (Phi) is 6.98. The van der Waals surface area contributed by atoms with Crippen LogP contribution in [0.25, 0.3) is 0 Å². The molecule has 0 saturated carbocycles. The number of nitro groups is 1. The number of carbonyl (C=O) groups excluding carboxylic acids is 2. The standard InChI is InChI=1S/C15H14ClF2NO6/c1-4-24-6-8(15(21)25-5-2)14(20)9-10(16)7(3)11(17)12(18)13(9)19(22)23/h6H,4-5H2,1-3H3. The van der Waals surface area contributed by atoms with Crippen molar-refractivity contribution in [2.24, 2.45) is 0 Å². The molecule has 0 radical (unpaired) electrons. The molecule has 0 saturated heterocycles. The first-order chi connectivity index (χ1) is 11.7. The first-order valence-electron chi connectivity index (χ1n) is 7.03. The number of halogens is 3. The fourth-order valence-corrected chi connectivity index (χ4v) is 2.11. The fourth-order valence-electron chi connectivity index (χ4n) is 1.85. The monoisotopic (exact) mass is 377 g/mol. The third kappa shape index (κ3) is 4.11. The van der Waals surface area contributed by atoms with Gasteiger partial charge in [-0.2, -0.15) is 4.39 Å². The highest BCUT2D eigenvalue weighted by Crippen LogP contribution is 2.36. The molecular formula is C15H14ClF2NO6. The molecule has 0 aliphatic rings. The normalized spacial score (nSPS) is 11.2. The molecule has 0 fully saturated rings. The first-order valence-corrected chi connectivity index (χ1v) is 7.41. The van der Waals surface area contributed by atoms with E-state index >= 15 is 0 Å². The van der Waals surface area contributed by atoms with Crippen molar-refractivity contribution in [2.45, 2.75) is 20.8 Å². The van der Waals surface area contributed by atoms with Crippen LogP contribution < -0.4 is 0 Å². The minimum atomic E-state index is -1.85. The molecule has 136 valence electrons. The molecule has 10 heteroatoms. The summed E-state index contributed by atoms with van der Waals surface area (Å²) in [5, 5.41) is 10.4. The maximum Gasteiger partial charge on any atom is 0.345 e. The van der Waals surface area contributed by atoms with Crippen molar-refractivity contribution in [3.8, 4) is 0 Å². The van der Waals surface area contributed by atoms with Gasteiger partial charge in [-0.15, -0.1) is 0 Å². The Morgan fingerprint density at radius 2 is 1.84 bits per heavy atom. The predicted molar refractivity (Wildman–Crippen MR) is 83.4 cm³/mol. The maximum atomic E-state index is 14.0. The van der Waals surface area contributed by atoms with Crippen LogP contribution in [0.3, 0.4) is 0 Å². The average molecular weight is 378 g/mol. The van der Waals surface area contributed by atoms with Gasteiger partial charge < -0.3 is 9.47 Å². The molecular weight excluding hydrogens is 364 g/mol. The van der Waals surface area contributed by atoms with Crippen LogP contribution in [0.15, 0.2) is 11.8 Å². The van der Waals surface area contributed by atoms with E-state index in [0.29, 0.717) is 0 Å². The van der Waals surface area contributed by atoms with Crippen molar-refractivity contribution >= 4 is 29.0 Å². The molecule has 0 unspecified atom stereocenters. The van der Waals surface area contributed by atoms with E-state index in [2.05, 4.69) is 4.74 Å². The molecule has 1 aromatic carbocycles. The van der Waals surface area contributed by atoms with Crippen LogP contribution in [0.5, 0.6) is 0 Å². The molecule has 0 bridgehead atoms. The molecule has 0 spiro atoms. The number of rotatable bonds is 7. The Labute approximate surface area is 146 Å². The molecule has 0 aliphatic heterocycles. The number of carbonyl (C=O) groups is 2. The van der Waals surface area contributed by atoms with Gasteiger partial charge in [0, 0.05) is 5.56 Å². The summed E-state index contributed by atoms with van der Waals surface area (Å²) in [6.07, 6.45) is 0.733. The number of ether oxygens (including phenoxy) is 2. The molecule has 0 heterocycles. The van der Waals surface area contributed by atoms with Crippen LogP contribution in [0.4, 0.5) is 14.5 Å². The Balaban J connectivity index is 3.69. The molecule has 0 amide bonds. The second-order valence-electron chi connectivity index (χ2n) is 4.58. The van der Waals surface area contributed by atoms with Crippen LogP contribution in [-0.2, 0) is 14.3 Å². The zero-order valence-electron chi connectivity index (χ0n) is 13.5. The predicted octanol–water partition coefficient (Wildman–Crippen LogP) is 3.50. The lowest BCUT2D eigenvalue weighted by Gasteiger charge is -2.11. The molecule has 25 heavy (non-hydrogen) atoms. The van der Waals surface area contributed by atoms with Crippen molar-refractivity contribution in [2.75, 3.05) is 13.2 Å². The first kappa shape index (κ1) is 20.5. The fraction of sp³-hybridized carbons (Fsp3) is 0.333. The van der Waals surface area contributed by atoms with Crippen molar-refractivity contribution in [1.29, 1.82) is 0 Å². The second kappa shape index (κ2) is 8.52. The largest absolute Gasteiger partial charge is 0.500 e. The van der Waals surface area contributed by atoms with Gasteiger partial charge in [-0.05, 0) is 20.8 Å². The van der Waals surface area contributed by atoms with Crippen LogP contribution in [0.1, 0.15) is 29.8 Å². The third-order valence-corrected chi connectivity index (χ3v) is 3.51. The lowest BCUT2D eigenvalue weighted by atomic mass is 9.99. The SMILES string of the molecule is CCOC=C(C(=O)OCC)C(=O)c1c(Cl)c(C)c(F)c(F)c1[N+](=O)[O-]. The summed E-state index contributed by atoms with van der Waals surface area (Å²) in [6, 6.07) is 0. The van der Waals surface area contributed by atoms with Gasteiger partial charge in [-0.3, -0.25) is 14.9 Å². The molecule has 0 N–H and O–H groups in total. The quantitative estimate of drug-likeness (QED) is 0.0830. The van der Waals surface area contributed by atoms with Gasteiger partial charge in [-0.25, -0.2) is 9.18 Å². The van der Waals surface area contributed by atoms with Gasteiger partial charge in [0.2, 0.25) is 11.6 Å². The van der Waals surface area contributed by atoms with Gasteiger partial charge in [0.25, 0.3) is 0 Å². The van der Waals surface area contributed by atoms with Crippen LogP contribution in [0, 0.1) is 28.7 Å². The zero-order chi connectivity index (χ0) is 19.3. The number of Topliss-reactive ketones (excluding diaryl/α,β-unsaturated/α-hetero) is 1. The van der Waals surface area contributed by atoms with Crippen molar-refractivity contribution in [1.82, 2.24) is 0 Å². The topological polar surface area (TPSA) is 95.7 Å². The van der Waals surface area contributed by atoms with E-state index in [4.69, 9.17) is 16.3 Å². The van der Waals surface area contributed by atoms with E-state index in [-0.39, 0.29) is 13.2 Å². The molecule has 0 aromatic heterocycles. The molecule has 1 aromatic rings. The number of esters is 1. The Morgan fingerprint density at radius 1 is 1.24 bits per heavy atom. The Hall–Kier alpha value is -2.55. The highest BCUT2D eigenvalue weighted by Gasteiger charge is 2.37. The summed E-state index contributed by atoms with van der Waals surface area (Å²) in [4.78, 5) is 34.3. The molecule has 0 atom stereocenters. The van der Waals surface area contributed by atoms with Crippen molar-refractivity contribution < 1.29 is 32.8 Å². The molecule has 1 rings (SSSR count). The summed E-state index contributed by atoms with van der Waals surface area (Å²) >= 11 is 5.82. The third-order valence-electron chi connectivity index (χ3n) is 3.03. The smallest absolute Gasteiger partial charge is 0.345 e. The van der Waals surface area contributed by atoms with E-state index in [1.54, 1.807) is 6.92 Å². The number of hydrogen-bond donors (Lipinski definition) is 0. The van der Waals surface area contributed by atoms with Crippen LogP contribution >= 0.6 is 11.6 Å². The summed E-state index contributed by atoms with van der Waals surface area (Å²) in [6.45, 7) is 4.04. The van der Waals surface area contributed by atoms with E-state index < -0.39 is 55.7 Å². The van der Waals surface area contributed by atoms with Crippen LogP contribution in [-0.4, -0.2) is 29.9 Å². The number of nitro benzene ring substituents is 1. The van der Waals surface area contributed by atoms with Gasteiger partial charge >= 0.3 is 11.7 Å². The summed E-state index contributed by atoms with van der Waals surface area (Å²) in [5.74, 6) is -5.87. The summed E-state index contributed by atoms with van der Waals surface area (Å²) in [7, 11) is 0. The van der Waals surface area contributed by atoms with Gasteiger partial charge in [0.1, 0.15) is 17.4 Å². The average Bonchev–Trinajstić information content (AvgIpc) is 2.55. The minimum Gasteiger partial charge on any atom is -0.500 e. The Morgan fingerprint density at radius 3 is 2.32 bits per heavy atom. The number of ketones is 1. The molecule has 7 nitrogen and oxygen atoms in total. The van der Waals surface area contributed by atoms with E-state index in [9.17, 15) is 28.5 Å². The lowest BCUT2D eigenvalue weighted by molar-refractivity contribution is -0.388. The van der Waals surface area contributed by atoms with Gasteiger partial charge in [0.05, 0.1) is 23.2 Å². The number of nitrogens with zero attached hydrogens (tertiary/aromatic N) is 1. The second-order valence-corrected chi connectivity index (χ2v) is 4.96. The highest BCUT2D eigenvalue weighted by atomic mass is 35.5. The van der Waals surface area contributed by atoms with Gasteiger partial charge in [0.15, 0.2) is 5.82 Å². The lowest BCUT2D eigenvalue weighted by Crippen LogP contribution is -2.19. The highest BCUT2D eigenvalue weighted by molar-refractivity contribution is 6.38. The Bertz CT molecular complexity index is 763. The van der Waals surface area contributed by atoms with Crippen molar-refractivity contribution in [3.63, 3.8) is 0 Å². The van der Waals surface area contributed by atoms with Gasteiger partial charge in [-0.1, -0.05) is 11.6 Å². The zero-order valence-corrected chi connectivity index (χ0v) is 14.3. The van der Waals surface area contributed by atoms with E-state index in [1.807, 2.05) is 0 Å². The number of benzene rings is 1. The van der Waals surface area contributed by atoms with E-state index in [1.165, 1.54) is 6.92 Å².